The van der Waals surface area contributed by atoms with Crippen LogP contribution in [-0.4, -0.2) is 19.2 Å². The zero-order valence-corrected chi connectivity index (χ0v) is 9.92. The van der Waals surface area contributed by atoms with Crippen molar-refractivity contribution in [1.29, 1.82) is 0 Å². The lowest BCUT2D eigenvalue weighted by Gasteiger charge is -2.09. The second-order valence-electron chi connectivity index (χ2n) is 3.94. The summed E-state index contributed by atoms with van der Waals surface area (Å²) in [5.74, 6) is 0.972. The molecule has 15 heavy (non-hydrogen) atoms. The Labute approximate surface area is 92.6 Å². The van der Waals surface area contributed by atoms with E-state index in [2.05, 4.69) is 37.4 Å². The molecule has 0 fully saturated rings. The Morgan fingerprint density at radius 2 is 2.13 bits per heavy atom. The van der Waals surface area contributed by atoms with E-state index >= 15 is 0 Å². The van der Waals surface area contributed by atoms with Crippen LogP contribution in [0.3, 0.4) is 0 Å². The lowest BCUT2D eigenvalue weighted by molar-refractivity contribution is 0.340. The molecular weight excluding hydrogens is 186 g/mol. The van der Waals surface area contributed by atoms with Crippen molar-refractivity contribution in [3.63, 3.8) is 0 Å². The fourth-order valence-electron chi connectivity index (χ4n) is 1.46. The van der Waals surface area contributed by atoms with Crippen LogP contribution in [0.2, 0.25) is 0 Å². The van der Waals surface area contributed by atoms with E-state index in [1.807, 2.05) is 13.0 Å². The largest absolute Gasteiger partial charge is 0.494 e. The number of ether oxygens (including phenoxy) is 1. The summed E-state index contributed by atoms with van der Waals surface area (Å²) in [6.07, 6.45) is 1.05. The van der Waals surface area contributed by atoms with Crippen LogP contribution in [0.1, 0.15) is 26.3 Å². The highest BCUT2D eigenvalue weighted by Gasteiger charge is 1.97. The van der Waals surface area contributed by atoms with Crippen LogP contribution >= 0.6 is 0 Å². The molecule has 0 radical (unpaired) electrons. The van der Waals surface area contributed by atoms with Crippen LogP contribution in [0, 0.1) is 0 Å². The van der Waals surface area contributed by atoms with E-state index < -0.39 is 0 Å². The number of hydrogen-bond donors (Lipinski definition) is 1. The van der Waals surface area contributed by atoms with E-state index in [4.69, 9.17) is 4.74 Å². The Morgan fingerprint density at radius 3 is 2.80 bits per heavy atom. The summed E-state index contributed by atoms with van der Waals surface area (Å²) in [5, 5.41) is 3.40. The maximum Gasteiger partial charge on any atom is 0.119 e. The van der Waals surface area contributed by atoms with Crippen LogP contribution in [0.25, 0.3) is 0 Å². The molecule has 0 bridgehead atoms. The topological polar surface area (TPSA) is 21.3 Å². The minimum Gasteiger partial charge on any atom is -0.494 e. The van der Waals surface area contributed by atoms with Gasteiger partial charge in [-0.1, -0.05) is 26.0 Å². The third-order valence-electron chi connectivity index (χ3n) is 2.18. The summed E-state index contributed by atoms with van der Waals surface area (Å²) in [7, 11) is 0. The van der Waals surface area contributed by atoms with E-state index in [0.717, 1.165) is 25.3 Å². The fourth-order valence-corrected chi connectivity index (χ4v) is 1.46. The van der Waals surface area contributed by atoms with Gasteiger partial charge in [0, 0.05) is 6.04 Å². The van der Waals surface area contributed by atoms with Crippen LogP contribution in [0.4, 0.5) is 0 Å². The minimum absolute atomic E-state index is 0.556. The molecule has 1 aromatic rings. The second-order valence-corrected chi connectivity index (χ2v) is 3.94. The highest BCUT2D eigenvalue weighted by atomic mass is 16.5. The third kappa shape index (κ3) is 4.84. The monoisotopic (exact) mass is 207 g/mol. The van der Waals surface area contributed by atoms with Gasteiger partial charge in [-0.2, -0.15) is 0 Å². The van der Waals surface area contributed by atoms with Gasteiger partial charge >= 0.3 is 0 Å². The second kappa shape index (κ2) is 6.46. The molecule has 0 aliphatic carbocycles. The molecule has 84 valence electrons. The standard InChI is InChI=1S/C13H21NO/c1-4-15-13-7-5-6-12(10-13)8-9-14-11(2)3/h5-7,10-11,14H,4,8-9H2,1-3H3. The Kier molecular flexibility index (Phi) is 5.19. The van der Waals surface area contributed by atoms with Gasteiger partial charge in [0.2, 0.25) is 0 Å². The minimum atomic E-state index is 0.556. The van der Waals surface area contributed by atoms with Crippen molar-refractivity contribution in [3.8, 4) is 5.75 Å². The van der Waals surface area contributed by atoms with Gasteiger partial charge in [0.1, 0.15) is 5.75 Å². The molecule has 1 aromatic carbocycles. The number of hydrogen-bond acceptors (Lipinski definition) is 2. The molecule has 0 aliphatic heterocycles. The lowest BCUT2D eigenvalue weighted by atomic mass is 10.1. The zero-order chi connectivity index (χ0) is 11.1. The smallest absolute Gasteiger partial charge is 0.119 e. The number of nitrogens with one attached hydrogen (secondary N) is 1. The summed E-state index contributed by atoms with van der Waals surface area (Å²) in [4.78, 5) is 0. The lowest BCUT2D eigenvalue weighted by Crippen LogP contribution is -2.24. The molecule has 0 saturated carbocycles. The van der Waals surface area contributed by atoms with Gasteiger partial charge in [0.05, 0.1) is 6.61 Å². The summed E-state index contributed by atoms with van der Waals surface area (Å²) < 4.78 is 5.45. The van der Waals surface area contributed by atoms with Gasteiger partial charge < -0.3 is 10.1 Å². The molecule has 1 rings (SSSR count). The first-order chi connectivity index (χ1) is 7.22. The normalized spacial score (nSPS) is 10.7. The Morgan fingerprint density at radius 1 is 1.33 bits per heavy atom. The van der Waals surface area contributed by atoms with Gasteiger partial charge in [-0.15, -0.1) is 0 Å². The quantitative estimate of drug-likeness (QED) is 0.774. The molecule has 0 unspecified atom stereocenters. The first-order valence-electron chi connectivity index (χ1n) is 5.67. The van der Waals surface area contributed by atoms with Crippen molar-refractivity contribution in [2.24, 2.45) is 0 Å². The number of benzene rings is 1. The average molecular weight is 207 g/mol. The molecule has 1 N–H and O–H groups in total. The van der Waals surface area contributed by atoms with Crippen molar-refractivity contribution in [2.75, 3.05) is 13.2 Å². The Hall–Kier alpha value is -1.02. The zero-order valence-electron chi connectivity index (χ0n) is 9.92. The molecule has 0 aliphatic rings. The van der Waals surface area contributed by atoms with Crippen LogP contribution < -0.4 is 10.1 Å². The first kappa shape index (κ1) is 12.1. The van der Waals surface area contributed by atoms with Gasteiger partial charge in [-0.3, -0.25) is 0 Å². The maximum absolute atomic E-state index is 5.45. The van der Waals surface area contributed by atoms with Crippen LogP contribution in [0.5, 0.6) is 5.75 Å². The van der Waals surface area contributed by atoms with Crippen LogP contribution in [0.15, 0.2) is 24.3 Å². The highest BCUT2D eigenvalue weighted by molar-refractivity contribution is 5.28. The van der Waals surface area contributed by atoms with E-state index in [-0.39, 0.29) is 0 Å². The SMILES string of the molecule is CCOc1cccc(CCNC(C)C)c1. The average Bonchev–Trinajstić information content (AvgIpc) is 2.18. The molecule has 0 saturated heterocycles. The molecule has 0 atom stereocenters. The Bertz CT molecular complexity index is 284. The van der Waals surface area contributed by atoms with Gasteiger partial charge in [-0.05, 0) is 37.6 Å². The van der Waals surface area contributed by atoms with Crippen molar-refractivity contribution in [2.45, 2.75) is 33.2 Å². The Balaban J connectivity index is 2.43. The number of rotatable bonds is 6. The van der Waals surface area contributed by atoms with Crippen molar-refractivity contribution >= 4 is 0 Å². The van der Waals surface area contributed by atoms with Gasteiger partial charge in [0.25, 0.3) is 0 Å². The molecule has 0 aromatic heterocycles. The molecule has 2 heteroatoms. The van der Waals surface area contributed by atoms with Gasteiger partial charge in [0.15, 0.2) is 0 Å². The first-order valence-corrected chi connectivity index (χ1v) is 5.67. The summed E-state index contributed by atoms with van der Waals surface area (Å²) in [5.41, 5.74) is 1.33. The maximum atomic E-state index is 5.45. The molecule has 0 heterocycles. The molecule has 0 amide bonds. The van der Waals surface area contributed by atoms with E-state index in [9.17, 15) is 0 Å². The summed E-state index contributed by atoms with van der Waals surface area (Å²) in [6, 6.07) is 8.87. The third-order valence-corrected chi connectivity index (χ3v) is 2.18. The summed E-state index contributed by atoms with van der Waals surface area (Å²) >= 11 is 0. The predicted molar refractivity (Wildman–Crippen MR) is 64.5 cm³/mol. The van der Waals surface area contributed by atoms with Crippen molar-refractivity contribution in [3.05, 3.63) is 29.8 Å². The van der Waals surface area contributed by atoms with Crippen LogP contribution in [-0.2, 0) is 6.42 Å². The van der Waals surface area contributed by atoms with Crippen molar-refractivity contribution < 1.29 is 4.74 Å². The molecular formula is C13H21NO. The summed E-state index contributed by atoms with van der Waals surface area (Å²) in [6.45, 7) is 8.08. The van der Waals surface area contributed by atoms with Gasteiger partial charge in [-0.25, -0.2) is 0 Å². The van der Waals surface area contributed by atoms with E-state index in [1.54, 1.807) is 0 Å². The highest BCUT2D eigenvalue weighted by Crippen LogP contribution is 2.13. The van der Waals surface area contributed by atoms with E-state index in [0.29, 0.717) is 6.04 Å². The van der Waals surface area contributed by atoms with Crippen molar-refractivity contribution in [1.82, 2.24) is 5.32 Å². The fraction of sp³-hybridized carbons (Fsp3) is 0.538. The molecule has 2 nitrogen and oxygen atoms in total. The predicted octanol–water partition coefficient (Wildman–Crippen LogP) is 2.63. The van der Waals surface area contributed by atoms with E-state index in [1.165, 1.54) is 5.56 Å². The molecule has 0 spiro atoms.